The Morgan fingerprint density at radius 2 is 1.79 bits per heavy atom. The Labute approximate surface area is 236 Å². The maximum atomic E-state index is 12.9. The maximum absolute atomic E-state index is 12.9. The number of hydrogen-bond acceptors (Lipinski definition) is 7. The van der Waals surface area contributed by atoms with E-state index in [0.29, 0.717) is 15.7 Å². The Bertz CT molecular complexity index is 1450. The van der Waals surface area contributed by atoms with E-state index in [1.54, 1.807) is 67.6 Å². The highest BCUT2D eigenvalue weighted by Crippen LogP contribution is 2.40. The standard InChI is InChI=1S/C27H20BrClN2O6S/c1-2-36-21-13-16(12-19(28)24(21)37-26(34)18-10-6-7-11-20(18)29)14-22-25(33)31(27(35)38-22)15-23(32)30-17-8-4-3-5-9-17/h3-14H,2,15H2,1H3,(H,30,32)/b22-14-. The first-order valence-corrected chi connectivity index (χ1v) is 13.3. The Kier molecular flexibility index (Phi) is 8.88. The molecule has 4 rings (SSSR count). The number of ether oxygens (including phenoxy) is 2. The summed E-state index contributed by atoms with van der Waals surface area (Å²) in [4.78, 5) is 51.5. The molecule has 0 spiro atoms. The minimum Gasteiger partial charge on any atom is -0.490 e. The van der Waals surface area contributed by atoms with Crippen LogP contribution in [0.25, 0.3) is 6.08 Å². The lowest BCUT2D eigenvalue weighted by atomic mass is 10.1. The minimum atomic E-state index is -0.667. The molecule has 3 aromatic rings. The topological polar surface area (TPSA) is 102 Å². The number of carbonyl (C=O) groups is 4. The lowest BCUT2D eigenvalue weighted by Crippen LogP contribution is -2.36. The third kappa shape index (κ3) is 6.45. The number of nitrogens with one attached hydrogen (secondary N) is 1. The summed E-state index contributed by atoms with van der Waals surface area (Å²) in [6, 6.07) is 18.4. The molecule has 0 aliphatic carbocycles. The van der Waals surface area contributed by atoms with E-state index in [1.165, 1.54) is 6.08 Å². The largest absolute Gasteiger partial charge is 0.490 e. The van der Waals surface area contributed by atoms with Crippen LogP contribution >= 0.6 is 39.3 Å². The SMILES string of the molecule is CCOc1cc(/C=C2\SC(=O)N(CC(=O)Nc3ccccc3)C2=O)cc(Br)c1OC(=O)c1ccccc1Cl. The summed E-state index contributed by atoms with van der Waals surface area (Å²) in [6.07, 6.45) is 1.51. The average molecular weight is 616 g/mol. The first kappa shape index (κ1) is 27.4. The van der Waals surface area contributed by atoms with Crippen molar-refractivity contribution >= 4 is 74.1 Å². The van der Waals surface area contributed by atoms with Crippen molar-refractivity contribution in [1.29, 1.82) is 0 Å². The summed E-state index contributed by atoms with van der Waals surface area (Å²) in [5.74, 6) is -1.37. The molecule has 1 aliphatic rings. The summed E-state index contributed by atoms with van der Waals surface area (Å²) >= 11 is 10.2. The second-order valence-corrected chi connectivity index (χ2v) is 10.1. The van der Waals surface area contributed by atoms with E-state index in [4.69, 9.17) is 21.1 Å². The second kappa shape index (κ2) is 12.3. The van der Waals surface area contributed by atoms with Gasteiger partial charge >= 0.3 is 5.97 Å². The second-order valence-electron chi connectivity index (χ2n) is 7.81. The van der Waals surface area contributed by atoms with Gasteiger partial charge in [0.05, 0.1) is 26.6 Å². The van der Waals surface area contributed by atoms with E-state index in [2.05, 4.69) is 21.2 Å². The number of para-hydroxylation sites is 1. The molecule has 8 nitrogen and oxygen atoms in total. The summed E-state index contributed by atoms with van der Waals surface area (Å²) in [6.45, 7) is 1.63. The number of hydrogen-bond donors (Lipinski definition) is 1. The number of imide groups is 1. The minimum absolute atomic E-state index is 0.137. The molecule has 1 N–H and O–H groups in total. The zero-order valence-electron chi connectivity index (χ0n) is 19.9. The van der Waals surface area contributed by atoms with Crippen molar-refractivity contribution in [1.82, 2.24) is 4.90 Å². The monoisotopic (exact) mass is 614 g/mol. The molecule has 0 atom stereocenters. The van der Waals surface area contributed by atoms with Crippen LogP contribution in [-0.4, -0.2) is 41.1 Å². The third-order valence-electron chi connectivity index (χ3n) is 5.15. The molecule has 1 heterocycles. The zero-order chi connectivity index (χ0) is 27.2. The molecular formula is C27H20BrClN2O6S. The first-order chi connectivity index (χ1) is 18.3. The van der Waals surface area contributed by atoms with Crippen LogP contribution in [0, 0.1) is 0 Å². The van der Waals surface area contributed by atoms with Gasteiger partial charge in [0.25, 0.3) is 11.1 Å². The van der Waals surface area contributed by atoms with Gasteiger partial charge < -0.3 is 14.8 Å². The molecule has 194 valence electrons. The summed E-state index contributed by atoms with van der Waals surface area (Å²) < 4.78 is 11.6. The van der Waals surface area contributed by atoms with Gasteiger partial charge in [0.2, 0.25) is 5.91 Å². The zero-order valence-corrected chi connectivity index (χ0v) is 23.1. The van der Waals surface area contributed by atoms with Crippen molar-refractivity contribution in [2.75, 3.05) is 18.5 Å². The fourth-order valence-corrected chi connectivity index (χ4v) is 5.05. The average Bonchev–Trinajstić information content (AvgIpc) is 3.14. The van der Waals surface area contributed by atoms with E-state index in [9.17, 15) is 19.2 Å². The number of amides is 3. The quantitative estimate of drug-likeness (QED) is 0.178. The number of carbonyl (C=O) groups excluding carboxylic acids is 4. The Morgan fingerprint density at radius 3 is 2.50 bits per heavy atom. The summed E-state index contributed by atoms with van der Waals surface area (Å²) in [5, 5.41) is 2.34. The molecule has 38 heavy (non-hydrogen) atoms. The van der Waals surface area contributed by atoms with Crippen molar-refractivity contribution in [3.8, 4) is 11.5 Å². The van der Waals surface area contributed by atoms with Gasteiger partial charge in [-0.2, -0.15) is 0 Å². The highest BCUT2D eigenvalue weighted by molar-refractivity contribution is 9.10. The number of rotatable bonds is 8. The molecular weight excluding hydrogens is 596 g/mol. The van der Waals surface area contributed by atoms with Crippen LogP contribution in [0.15, 0.2) is 76.1 Å². The van der Waals surface area contributed by atoms with Crippen LogP contribution in [0.4, 0.5) is 10.5 Å². The molecule has 11 heteroatoms. The summed E-state index contributed by atoms with van der Waals surface area (Å²) in [7, 11) is 0. The van der Waals surface area contributed by atoms with E-state index in [1.807, 2.05) is 6.07 Å². The van der Waals surface area contributed by atoms with Crippen LogP contribution in [0.5, 0.6) is 11.5 Å². The van der Waals surface area contributed by atoms with Crippen LogP contribution in [0.1, 0.15) is 22.8 Å². The third-order valence-corrected chi connectivity index (χ3v) is 6.98. The molecule has 1 aliphatic heterocycles. The van der Waals surface area contributed by atoms with E-state index < -0.39 is 29.6 Å². The van der Waals surface area contributed by atoms with Gasteiger partial charge in [0, 0.05) is 5.69 Å². The van der Waals surface area contributed by atoms with Crippen LogP contribution in [0.3, 0.4) is 0 Å². The molecule has 0 radical (unpaired) electrons. The Morgan fingerprint density at radius 1 is 1.08 bits per heavy atom. The highest BCUT2D eigenvalue weighted by atomic mass is 79.9. The normalized spacial score (nSPS) is 14.1. The molecule has 3 amide bonds. The van der Waals surface area contributed by atoms with Gasteiger partial charge in [0.15, 0.2) is 11.5 Å². The Balaban J connectivity index is 1.53. The lowest BCUT2D eigenvalue weighted by molar-refractivity contribution is -0.127. The molecule has 0 saturated carbocycles. The van der Waals surface area contributed by atoms with Crippen molar-refractivity contribution in [2.45, 2.75) is 6.92 Å². The van der Waals surface area contributed by atoms with E-state index >= 15 is 0 Å². The van der Waals surface area contributed by atoms with Crippen molar-refractivity contribution in [3.05, 3.63) is 92.3 Å². The first-order valence-electron chi connectivity index (χ1n) is 11.3. The van der Waals surface area contributed by atoms with Gasteiger partial charge in [-0.15, -0.1) is 0 Å². The van der Waals surface area contributed by atoms with Crippen molar-refractivity contribution in [3.63, 3.8) is 0 Å². The van der Waals surface area contributed by atoms with Crippen molar-refractivity contribution < 1.29 is 28.7 Å². The summed E-state index contributed by atoms with van der Waals surface area (Å²) in [5.41, 5.74) is 1.26. The predicted octanol–water partition coefficient (Wildman–Crippen LogP) is 6.40. The van der Waals surface area contributed by atoms with Gasteiger partial charge in [-0.05, 0) is 82.7 Å². The number of thioether (sulfide) groups is 1. The van der Waals surface area contributed by atoms with E-state index in [-0.39, 0.29) is 33.6 Å². The number of esters is 1. The van der Waals surface area contributed by atoms with Gasteiger partial charge in [-0.25, -0.2) is 4.79 Å². The lowest BCUT2D eigenvalue weighted by Gasteiger charge is -2.14. The molecule has 1 saturated heterocycles. The van der Waals surface area contributed by atoms with E-state index in [0.717, 1.165) is 16.7 Å². The number of nitrogens with zero attached hydrogens (tertiary/aromatic N) is 1. The molecule has 3 aromatic carbocycles. The number of halogens is 2. The fourth-order valence-electron chi connectivity index (χ4n) is 3.46. The van der Waals surface area contributed by atoms with Crippen LogP contribution < -0.4 is 14.8 Å². The Hall–Kier alpha value is -3.60. The maximum Gasteiger partial charge on any atom is 0.345 e. The van der Waals surface area contributed by atoms with Gasteiger partial charge in [-0.1, -0.05) is 41.9 Å². The molecule has 0 aromatic heterocycles. The fraction of sp³-hybridized carbons (Fsp3) is 0.111. The van der Waals surface area contributed by atoms with Gasteiger partial charge in [0.1, 0.15) is 6.54 Å². The molecule has 0 unspecified atom stereocenters. The highest BCUT2D eigenvalue weighted by Gasteiger charge is 2.36. The number of anilines is 1. The number of benzene rings is 3. The predicted molar refractivity (Wildman–Crippen MR) is 149 cm³/mol. The van der Waals surface area contributed by atoms with Crippen molar-refractivity contribution in [2.24, 2.45) is 0 Å². The van der Waals surface area contributed by atoms with Crippen LogP contribution in [-0.2, 0) is 9.59 Å². The van der Waals surface area contributed by atoms with Gasteiger partial charge in [-0.3, -0.25) is 19.3 Å². The molecule has 1 fully saturated rings. The smallest absolute Gasteiger partial charge is 0.345 e. The van der Waals surface area contributed by atoms with Crippen LogP contribution in [0.2, 0.25) is 5.02 Å². The molecule has 0 bridgehead atoms.